The fraction of sp³-hybridized carbons (Fsp3) is 0.233. The molecule has 2 aromatic carbocycles. The fourth-order valence-corrected chi connectivity index (χ4v) is 6.97. The minimum atomic E-state index is -0.602. The highest BCUT2D eigenvalue weighted by atomic mass is 32.2. The van der Waals surface area contributed by atoms with Gasteiger partial charge >= 0.3 is 5.97 Å². The van der Waals surface area contributed by atoms with Crippen LogP contribution in [0.3, 0.4) is 0 Å². The summed E-state index contributed by atoms with van der Waals surface area (Å²) in [5, 5.41) is 5.83. The van der Waals surface area contributed by atoms with Crippen LogP contribution >= 0.6 is 23.1 Å². The molecular formula is C30H28N2O5S2. The molecule has 2 heterocycles. The molecule has 0 radical (unpaired) electrons. The number of methoxy groups -OCH3 is 1. The van der Waals surface area contributed by atoms with Gasteiger partial charge in [0.15, 0.2) is 5.76 Å². The lowest BCUT2D eigenvalue weighted by molar-refractivity contribution is -0.115. The molecule has 0 fully saturated rings. The van der Waals surface area contributed by atoms with E-state index in [2.05, 4.69) is 10.6 Å². The van der Waals surface area contributed by atoms with Crippen molar-refractivity contribution in [3.8, 4) is 0 Å². The molecule has 2 aromatic heterocycles. The van der Waals surface area contributed by atoms with Crippen LogP contribution in [0, 0.1) is 0 Å². The normalized spacial score (nSPS) is 13.6. The number of benzene rings is 2. The molecule has 0 spiro atoms. The van der Waals surface area contributed by atoms with Crippen molar-refractivity contribution in [1.82, 2.24) is 0 Å². The molecule has 0 saturated heterocycles. The van der Waals surface area contributed by atoms with E-state index in [4.69, 9.17) is 9.15 Å². The first-order valence-electron chi connectivity index (χ1n) is 12.7. The molecule has 7 nitrogen and oxygen atoms in total. The summed E-state index contributed by atoms with van der Waals surface area (Å²) in [6, 6.07) is 20.1. The summed E-state index contributed by atoms with van der Waals surface area (Å²) in [6.07, 6.45) is 6.35. The highest BCUT2D eigenvalue weighted by Crippen LogP contribution is 2.41. The second-order valence-corrected chi connectivity index (χ2v) is 11.4. The number of anilines is 2. The summed E-state index contributed by atoms with van der Waals surface area (Å²) in [4.78, 5) is 41.0. The molecule has 2 N–H and O–H groups in total. The highest BCUT2D eigenvalue weighted by Gasteiger charge is 2.29. The number of carbonyl (C=O) groups excluding carboxylic acids is 3. The minimum Gasteiger partial charge on any atom is -0.465 e. The first kappa shape index (κ1) is 26.8. The number of hydrogen-bond donors (Lipinski definition) is 2. The molecular weight excluding hydrogens is 532 g/mol. The maximum atomic E-state index is 13.8. The van der Waals surface area contributed by atoms with Crippen molar-refractivity contribution in [2.75, 3.05) is 17.7 Å². The molecule has 9 heteroatoms. The van der Waals surface area contributed by atoms with Gasteiger partial charge in [-0.2, -0.15) is 0 Å². The van der Waals surface area contributed by atoms with Gasteiger partial charge in [0, 0.05) is 15.5 Å². The Labute approximate surface area is 235 Å². The minimum absolute atomic E-state index is 0.213. The summed E-state index contributed by atoms with van der Waals surface area (Å²) >= 11 is 2.84. The van der Waals surface area contributed by atoms with Crippen molar-refractivity contribution >= 4 is 51.6 Å². The van der Waals surface area contributed by atoms with E-state index in [1.54, 1.807) is 18.2 Å². The number of ether oxygens (including phenoxy) is 1. The maximum absolute atomic E-state index is 13.8. The third-order valence-corrected chi connectivity index (χ3v) is 8.93. The zero-order chi connectivity index (χ0) is 27.2. The lowest BCUT2D eigenvalue weighted by Crippen LogP contribution is -2.20. The van der Waals surface area contributed by atoms with E-state index in [0.29, 0.717) is 16.3 Å². The lowest BCUT2D eigenvalue weighted by atomic mass is 10.1. The smallest absolute Gasteiger partial charge is 0.341 e. The third-order valence-electron chi connectivity index (χ3n) is 6.48. The predicted molar refractivity (Wildman–Crippen MR) is 154 cm³/mol. The molecule has 5 rings (SSSR count). The van der Waals surface area contributed by atoms with E-state index in [0.717, 1.165) is 53.0 Å². The topological polar surface area (TPSA) is 97.6 Å². The van der Waals surface area contributed by atoms with E-state index >= 15 is 0 Å². The van der Waals surface area contributed by atoms with E-state index in [1.165, 1.54) is 36.5 Å². The zero-order valence-electron chi connectivity index (χ0n) is 21.4. The van der Waals surface area contributed by atoms with Crippen LogP contribution in [-0.4, -0.2) is 24.9 Å². The third kappa shape index (κ3) is 6.26. The number of aryl methyl sites for hydroxylation is 1. The number of amides is 2. The molecule has 1 aliphatic carbocycles. The number of thiophene rings is 1. The first-order chi connectivity index (χ1) is 19.0. The van der Waals surface area contributed by atoms with Crippen LogP contribution < -0.4 is 10.6 Å². The number of thioether (sulfide) groups is 1. The number of rotatable bonds is 8. The monoisotopic (exact) mass is 560 g/mol. The Morgan fingerprint density at radius 2 is 1.77 bits per heavy atom. The van der Waals surface area contributed by atoms with Gasteiger partial charge in [0.1, 0.15) is 10.3 Å². The van der Waals surface area contributed by atoms with Crippen LogP contribution in [0.25, 0.3) is 0 Å². The van der Waals surface area contributed by atoms with E-state index in [-0.39, 0.29) is 17.6 Å². The SMILES string of the molecule is COC(=O)c1c(NC(=O)C(Sc2cccc(NC(=O)c3ccco3)c2)c2ccccc2)sc2c1CCCCC2. The highest BCUT2D eigenvalue weighted by molar-refractivity contribution is 8.00. The second kappa shape index (κ2) is 12.4. The molecule has 0 saturated carbocycles. The summed E-state index contributed by atoms with van der Waals surface area (Å²) in [5.41, 5.74) is 2.89. The van der Waals surface area contributed by atoms with Crippen LogP contribution in [0.5, 0.6) is 0 Å². The van der Waals surface area contributed by atoms with E-state index in [1.807, 2.05) is 48.5 Å². The number of esters is 1. The number of carbonyl (C=O) groups is 3. The summed E-state index contributed by atoms with van der Waals surface area (Å²) < 4.78 is 10.3. The Bertz CT molecular complexity index is 1460. The molecule has 4 aromatic rings. The first-order valence-corrected chi connectivity index (χ1v) is 14.4. The van der Waals surface area contributed by atoms with Gasteiger partial charge in [0.05, 0.1) is 18.9 Å². The van der Waals surface area contributed by atoms with Crippen molar-refractivity contribution in [3.05, 3.63) is 100 Å². The fourth-order valence-electron chi connectivity index (χ4n) is 4.61. The van der Waals surface area contributed by atoms with Crippen molar-refractivity contribution in [1.29, 1.82) is 0 Å². The van der Waals surface area contributed by atoms with Gasteiger partial charge in [-0.3, -0.25) is 9.59 Å². The Balaban J connectivity index is 1.41. The van der Waals surface area contributed by atoms with E-state index < -0.39 is 11.2 Å². The van der Waals surface area contributed by atoms with Gasteiger partial charge in [0.25, 0.3) is 5.91 Å². The number of furan rings is 1. The summed E-state index contributed by atoms with van der Waals surface area (Å²) in [6.45, 7) is 0. The quantitative estimate of drug-likeness (QED) is 0.135. The lowest BCUT2D eigenvalue weighted by Gasteiger charge is -2.18. The van der Waals surface area contributed by atoms with Crippen molar-refractivity contribution < 1.29 is 23.5 Å². The average molecular weight is 561 g/mol. The molecule has 0 aliphatic heterocycles. The van der Waals surface area contributed by atoms with E-state index in [9.17, 15) is 14.4 Å². The second-order valence-electron chi connectivity index (χ2n) is 9.12. The van der Waals surface area contributed by atoms with Crippen LogP contribution in [-0.2, 0) is 22.4 Å². The zero-order valence-corrected chi connectivity index (χ0v) is 23.0. The van der Waals surface area contributed by atoms with Crippen LogP contribution in [0.2, 0.25) is 0 Å². The molecule has 2 amide bonds. The average Bonchev–Trinajstić information content (AvgIpc) is 3.55. The van der Waals surface area contributed by atoms with Crippen LogP contribution in [0.1, 0.15) is 61.4 Å². The largest absolute Gasteiger partial charge is 0.465 e. The molecule has 200 valence electrons. The van der Waals surface area contributed by atoms with Gasteiger partial charge in [-0.15, -0.1) is 23.1 Å². The standard InChI is InChI=1S/C30H28N2O5S2/c1-36-30(35)25-22-14-6-3-7-16-24(22)39-29(25)32-28(34)26(19-10-4-2-5-11-19)38-21-13-8-12-20(18-21)31-27(33)23-15-9-17-37-23/h2,4-5,8-13,15,17-18,26H,3,6-7,14,16H2,1H3,(H,31,33)(H,32,34). The van der Waals surface area contributed by atoms with Crippen LogP contribution in [0.15, 0.2) is 82.3 Å². The van der Waals surface area contributed by atoms with Gasteiger partial charge in [-0.25, -0.2) is 4.79 Å². The Morgan fingerprint density at radius 1 is 0.949 bits per heavy atom. The van der Waals surface area contributed by atoms with Gasteiger partial charge in [0.2, 0.25) is 5.91 Å². The summed E-state index contributed by atoms with van der Waals surface area (Å²) in [7, 11) is 1.37. The molecule has 1 unspecified atom stereocenters. The predicted octanol–water partition coefficient (Wildman–Crippen LogP) is 7.12. The van der Waals surface area contributed by atoms with Gasteiger partial charge in [-0.05, 0) is 67.1 Å². The molecule has 0 bridgehead atoms. The maximum Gasteiger partial charge on any atom is 0.341 e. The van der Waals surface area contributed by atoms with Crippen molar-refractivity contribution in [2.45, 2.75) is 42.2 Å². The molecule has 39 heavy (non-hydrogen) atoms. The van der Waals surface area contributed by atoms with Crippen molar-refractivity contribution in [3.63, 3.8) is 0 Å². The number of nitrogens with one attached hydrogen (secondary N) is 2. The Morgan fingerprint density at radius 3 is 2.54 bits per heavy atom. The summed E-state index contributed by atoms with van der Waals surface area (Å²) in [5.74, 6) is -0.802. The molecule has 1 atom stereocenters. The van der Waals surface area contributed by atoms with Gasteiger partial charge < -0.3 is 19.8 Å². The van der Waals surface area contributed by atoms with Crippen molar-refractivity contribution in [2.24, 2.45) is 0 Å². The Hall–Kier alpha value is -3.82. The Kier molecular flexibility index (Phi) is 8.48. The van der Waals surface area contributed by atoms with Crippen LogP contribution in [0.4, 0.5) is 10.7 Å². The number of fused-ring (bicyclic) bond motifs is 1. The van der Waals surface area contributed by atoms with Gasteiger partial charge in [-0.1, -0.05) is 42.8 Å². The number of hydrogen-bond acceptors (Lipinski definition) is 7. The molecule has 1 aliphatic rings.